The van der Waals surface area contributed by atoms with Crippen molar-refractivity contribution < 1.29 is 14.3 Å². The van der Waals surface area contributed by atoms with Crippen LogP contribution in [-0.4, -0.2) is 18.4 Å². The van der Waals surface area contributed by atoms with E-state index in [0.717, 1.165) is 38.9 Å². The van der Waals surface area contributed by atoms with E-state index < -0.39 is 11.9 Å². The van der Waals surface area contributed by atoms with Gasteiger partial charge in [-0.3, -0.25) is 4.79 Å². The number of hydrogen-bond donors (Lipinski definition) is 1. The molecule has 2 atom stereocenters. The van der Waals surface area contributed by atoms with Gasteiger partial charge >= 0.3 is 5.97 Å². The molecule has 0 spiro atoms. The molecule has 1 heterocycles. The molecule has 0 saturated heterocycles. The minimum absolute atomic E-state index is 0.0383. The van der Waals surface area contributed by atoms with Gasteiger partial charge in [-0.25, -0.2) is 4.79 Å². The highest BCUT2D eigenvalue weighted by Crippen LogP contribution is 2.47. The fraction of sp³-hybridized carbons (Fsp3) is 0.200. The molecule has 6 rings (SSSR count). The number of benzene rings is 4. The van der Waals surface area contributed by atoms with Gasteiger partial charge in [0.2, 0.25) is 0 Å². The predicted molar refractivity (Wildman–Crippen MR) is 159 cm³/mol. The molecule has 5 heteroatoms. The van der Waals surface area contributed by atoms with Crippen molar-refractivity contribution in [3.63, 3.8) is 0 Å². The number of fused-ring (bicyclic) bond motifs is 1. The third kappa shape index (κ3) is 5.07. The minimum atomic E-state index is -0.509. The Labute approximate surface area is 239 Å². The first-order chi connectivity index (χ1) is 19.5. The van der Waals surface area contributed by atoms with Crippen LogP contribution in [0.15, 0.2) is 120 Å². The van der Waals surface area contributed by atoms with Crippen LogP contribution >= 0.6 is 11.6 Å². The molecule has 1 N–H and O–H groups in total. The van der Waals surface area contributed by atoms with Crippen molar-refractivity contribution in [3.8, 4) is 0 Å². The van der Waals surface area contributed by atoms with Crippen LogP contribution in [-0.2, 0) is 20.7 Å². The molecule has 40 heavy (non-hydrogen) atoms. The zero-order chi connectivity index (χ0) is 27.6. The summed E-state index contributed by atoms with van der Waals surface area (Å²) in [7, 11) is 0. The van der Waals surface area contributed by atoms with Crippen LogP contribution in [0.2, 0.25) is 5.02 Å². The first kappa shape index (κ1) is 26.1. The van der Waals surface area contributed by atoms with Gasteiger partial charge in [-0.05, 0) is 58.9 Å². The summed E-state index contributed by atoms with van der Waals surface area (Å²) in [6.07, 6.45) is 1.68. The third-order valence-electron chi connectivity index (χ3n) is 7.99. The van der Waals surface area contributed by atoms with Gasteiger partial charge in [-0.1, -0.05) is 96.5 Å². The number of nitrogens with one attached hydrogen (secondary N) is 1. The highest BCUT2D eigenvalue weighted by atomic mass is 35.5. The van der Waals surface area contributed by atoms with Crippen molar-refractivity contribution in [1.29, 1.82) is 0 Å². The zero-order valence-electron chi connectivity index (χ0n) is 22.3. The molecule has 2 aliphatic rings. The van der Waals surface area contributed by atoms with Crippen molar-refractivity contribution in [1.82, 2.24) is 5.32 Å². The van der Waals surface area contributed by atoms with E-state index in [4.69, 9.17) is 16.3 Å². The first-order valence-corrected chi connectivity index (χ1v) is 14.1. The number of ketones is 1. The normalized spacial score (nSPS) is 18.9. The SMILES string of the molecule is CC1=C(C(=O)OCCc2ccccc2)[C@@H](c2cccc3ccccc23)C2=C(C[C@H](c3ccc(Cl)cc3)CC2=O)N1. The Hall–Kier alpha value is -4.15. The maximum atomic E-state index is 14.0. The van der Waals surface area contributed by atoms with Crippen molar-refractivity contribution in [3.05, 3.63) is 141 Å². The summed E-state index contributed by atoms with van der Waals surface area (Å²) in [5.74, 6) is -0.812. The number of rotatable bonds is 6. The lowest BCUT2D eigenvalue weighted by Gasteiger charge is -2.37. The Kier molecular flexibility index (Phi) is 7.27. The van der Waals surface area contributed by atoms with Gasteiger partial charge in [0.25, 0.3) is 0 Å². The molecule has 0 fully saturated rings. The number of halogens is 1. The van der Waals surface area contributed by atoms with Gasteiger partial charge in [0.15, 0.2) is 5.78 Å². The van der Waals surface area contributed by atoms with E-state index in [1.807, 2.05) is 85.8 Å². The average Bonchev–Trinajstić information content (AvgIpc) is 2.97. The smallest absolute Gasteiger partial charge is 0.336 e. The van der Waals surface area contributed by atoms with E-state index in [1.54, 1.807) is 0 Å². The molecule has 4 nitrogen and oxygen atoms in total. The fourth-order valence-electron chi connectivity index (χ4n) is 6.08. The lowest BCUT2D eigenvalue weighted by Crippen LogP contribution is -2.36. The standard InChI is InChI=1S/C35H30ClNO3/c1-22-32(35(39)40-19-18-23-8-3-2-4-9-23)33(29-13-7-11-25-10-5-6-12-28(25)29)34-30(37-22)20-26(21-31(34)38)24-14-16-27(36)17-15-24/h2-17,26,33,37H,18-21H2,1H3/t26-,33+/m0/s1. The summed E-state index contributed by atoms with van der Waals surface area (Å²) in [5, 5.41) is 6.22. The summed E-state index contributed by atoms with van der Waals surface area (Å²) >= 11 is 6.12. The zero-order valence-corrected chi connectivity index (χ0v) is 23.1. The van der Waals surface area contributed by atoms with E-state index >= 15 is 0 Å². The van der Waals surface area contributed by atoms with Crippen molar-refractivity contribution in [2.45, 2.75) is 38.0 Å². The number of allylic oxidation sites excluding steroid dienone is 3. The molecular formula is C35H30ClNO3. The average molecular weight is 548 g/mol. The molecule has 0 radical (unpaired) electrons. The molecule has 1 aliphatic carbocycles. The number of dihydropyridines is 1. The summed E-state index contributed by atoms with van der Waals surface area (Å²) in [6, 6.07) is 31.9. The lowest BCUT2D eigenvalue weighted by atomic mass is 9.71. The van der Waals surface area contributed by atoms with E-state index in [2.05, 4.69) is 23.5 Å². The van der Waals surface area contributed by atoms with Crippen LogP contribution in [0.1, 0.15) is 48.3 Å². The van der Waals surface area contributed by atoms with Gasteiger partial charge < -0.3 is 10.1 Å². The molecule has 4 aromatic rings. The molecule has 0 saturated carbocycles. The Morgan fingerprint density at radius 2 is 1.62 bits per heavy atom. The molecule has 0 amide bonds. The van der Waals surface area contributed by atoms with E-state index in [1.165, 1.54) is 0 Å². The van der Waals surface area contributed by atoms with Crippen LogP contribution in [0.25, 0.3) is 10.8 Å². The first-order valence-electron chi connectivity index (χ1n) is 13.7. The maximum Gasteiger partial charge on any atom is 0.336 e. The topological polar surface area (TPSA) is 55.4 Å². The highest BCUT2D eigenvalue weighted by molar-refractivity contribution is 6.30. The molecular weight excluding hydrogens is 518 g/mol. The van der Waals surface area contributed by atoms with E-state index in [0.29, 0.717) is 35.4 Å². The van der Waals surface area contributed by atoms with Gasteiger partial charge in [0, 0.05) is 40.7 Å². The Morgan fingerprint density at radius 3 is 2.42 bits per heavy atom. The van der Waals surface area contributed by atoms with E-state index in [-0.39, 0.29) is 18.3 Å². The van der Waals surface area contributed by atoms with Crippen LogP contribution in [0.4, 0.5) is 0 Å². The third-order valence-corrected chi connectivity index (χ3v) is 8.24. The molecule has 0 unspecified atom stereocenters. The second kappa shape index (κ2) is 11.1. The molecule has 200 valence electrons. The van der Waals surface area contributed by atoms with Crippen LogP contribution in [0.3, 0.4) is 0 Å². The Bertz CT molecular complexity index is 1650. The van der Waals surface area contributed by atoms with Gasteiger partial charge in [-0.15, -0.1) is 0 Å². The van der Waals surface area contributed by atoms with Crippen LogP contribution < -0.4 is 5.32 Å². The van der Waals surface area contributed by atoms with Gasteiger partial charge in [0.1, 0.15) is 0 Å². The summed E-state index contributed by atoms with van der Waals surface area (Å²) in [5.41, 5.74) is 5.91. The van der Waals surface area contributed by atoms with Crippen molar-refractivity contribution in [2.75, 3.05) is 6.61 Å². The summed E-state index contributed by atoms with van der Waals surface area (Å²) < 4.78 is 5.85. The quantitative estimate of drug-likeness (QED) is 0.252. The monoisotopic (exact) mass is 547 g/mol. The second-order valence-corrected chi connectivity index (χ2v) is 10.9. The number of carbonyl (C=O) groups excluding carboxylic acids is 2. The number of Topliss-reactive ketones (excluding diaryl/α,β-unsaturated/α-hetero) is 1. The largest absolute Gasteiger partial charge is 0.462 e. The predicted octanol–water partition coefficient (Wildman–Crippen LogP) is 7.64. The molecule has 4 aromatic carbocycles. The minimum Gasteiger partial charge on any atom is -0.462 e. The molecule has 0 aromatic heterocycles. The van der Waals surface area contributed by atoms with Crippen molar-refractivity contribution in [2.24, 2.45) is 0 Å². The second-order valence-electron chi connectivity index (χ2n) is 10.5. The Morgan fingerprint density at radius 1 is 0.900 bits per heavy atom. The maximum absolute atomic E-state index is 14.0. The number of carbonyl (C=O) groups is 2. The number of hydrogen-bond acceptors (Lipinski definition) is 4. The number of esters is 1. The lowest BCUT2D eigenvalue weighted by molar-refractivity contribution is -0.139. The molecule has 0 bridgehead atoms. The van der Waals surface area contributed by atoms with Gasteiger partial charge in [0.05, 0.1) is 12.2 Å². The van der Waals surface area contributed by atoms with Gasteiger partial charge in [-0.2, -0.15) is 0 Å². The Balaban J connectivity index is 1.39. The van der Waals surface area contributed by atoms with Crippen LogP contribution in [0, 0.1) is 0 Å². The van der Waals surface area contributed by atoms with E-state index in [9.17, 15) is 9.59 Å². The number of ether oxygens (including phenoxy) is 1. The summed E-state index contributed by atoms with van der Waals surface area (Å²) in [4.78, 5) is 27.7. The molecule has 1 aliphatic heterocycles. The van der Waals surface area contributed by atoms with Crippen molar-refractivity contribution >= 4 is 34.1 Å². The highest BCUT2D eigenvalue weighted by Gasteiger charge is 2.42. The fourth-order valence-corrected chi connectivity index (χ4v) is 6.20. The van der Waals surface area contributed by atoms with Crippen LogP contribution in [0.5, 0.6) is 0 Å². The summed E-state index contributed by atoms with van der Waals surface area (Å²) in [6.45, 7) is 2.17.